The molecular formula is C23H23ClFN5O2. The molecule has 2 aliphatic heterocycles. The van der Waals surface area contributed by atoms with Crippen molar-refractivity contribution >= 4 is 46.1 Å². The average molecular weight is 456 g/mol. The van der Waals surface area contributed by atoms with Crippen molar-refractivity contribution in [2.45, 2.75) is 43.9 Å². The third kappa shape index (κ3) is 3.96. The van der Waals surface area contributed by atoms with Gasteiger partial charge >= 0.3 is 0 Å². The molecule has 0 aliphatic carbocycles. The van der Waals surface area contributed by atoms with E-state index in [2.05, 4.69) is 32.5 Å². The van der Waals surface area contributed by atoms with Crippen molar-refractivity contribution < 1.29 is 13.9 Å². The maximum absolute atomic E-state index is 13.5. The number of ether oxygens (including phenoxy) is 1. The van der Waals surface area contributed by atoms with Gasteiger partial charge < -0.3 is 20.3 Å². The second-order valence-corrected chi connectivity index (χ2v) is 8.77. The van der Waals surface area contributed by atoms with Gasteiger partial charge in [0.25, 0.3) is 0 Å². The molecule has 166 valence electrons. The highest BCUT2D eigenvalue weighted by molar-refractivity contribution is 6.31. The van der Waals surface area contributed by atoms with Gasteiger partial charge in [0.2, 0.25) is 6.41 Å². The topological polar surface area (TPSA) is 79.4 Å². The highest BCUT2D eigenvalue weighted by atomic mass is 35.5. The van der Waals surface area contributed by atoms with E-state index < -0.39 is 5.82 Å². The monoisotopic (exact) mass is 455 g/mol. The summed E-state index contributed by atoms with van der Waals surface area (Å²) in [4.78, 5) is 22.4. The zero-order valence-corrected chi connectivity index (χ0v) is 18.3. The highest BCUT2D eigenvalue weighted by Crippen LogP contribution is 2.39. The summed E-state index contributed by atoms with van der Waals surface area (Å²) in [5.41, 5.74) is 1.80. The molecule has 9 heteroatoms. The van der Waals surface area contributed by atoms with Crippen molar-refractivity contribution in [1.29, 1.82) is 0 Å². The average Bonchev–Trinajstić information content (AvgIpc) is 2.97. The van der Waals surface area contributed by atoms with Crippen molar-refractivity contribution in [1.82, 2.24) is 14.9 Å². The summed E-state index contributed by atoms with van der Waals surface area (Å²) in [6, 6.07) is 9.05. The number of amides is 1. The maximum Gasteiger partial charge on any atom is 0.211 e. The second-order valence-electron chi connectivity index (χ2n) is 8.37. The molecule has 0 spiro atoms. The van der Waals surface area contributed by atoms with Gasteiger partial charge in [-0.1, -0.05) is 11.6 Å². The summed E-state index contributed by atoms with van der Waals surface area (Å²) in [6.07, 6.45) is 6.50. The molecule has 7 nitrogen and oxygen atoms in total. The molecule has 3 aromatic rings. The van der Waals surface area contributed by atoms with Gasteiger partial charge in [-0.2, -0.15) is 0 Å². The van der Waals surface area contributed by atoms with Crippen molar-refractivity contribution in [3.63, 3.8) is 0 Å². The van der Waals surface area contributed by atoms with Gasteiger partial charge in [-0.15, -0.1) is 0 Å². The first-order chi connectivity index (χ1) is 15.5. The Labute approximate surface area is 189 Å². The lowest BCUT2D eigenvalue weighted by atomic mass is 10.0. The zero-order chi connectivity index (χ0) is 22.2. The smallest absolute Gasteiger partial charge is 0.211 e. The largest absolute Gasteiger partial charge is 0.488 e. The zero-order valence-electron chi connectivity index (χ0n) is 17.5. The number of hydrogen-bond acceptors (Lipinski definition) is 6. The van der Waals surface area contributed by atoms with Gasteiger partial charge in [0.15, 0.2) is 0 Å². The summed E-state index contributed by atoms with van der Waals surface area (Å²) >= 11 is 5.90. The molecule has 1 aromatic heterocycles. The predicted octanol–water partition coefficient (Wildman–Crippen LogP) is 4.74. The predicted molar refractivity (Wildman–Crippen MR) is 122 cm³/mol. The number of fused-ring (bicyclic) bond motifs is 3. The fourth-order valence-corrected chi connectivity index (χ4v) is 4.99. The van der Waals surface area contributed by atoms with E-state index in [1.165, 1.54) is 31.3 Å². The number of hydrogen-bond donors (Lipinski definition) is 2. The first-order valence-electron chi connectivity index (χ1n) is 10.6. The van der Waals surface area contributed by atoms with E-state index in [1.807, 2.05) is 6.07 Å². The summed E-state index contributed by atoms with van der Waals surface area (Å²) in [7, 11) is 2.19. The van der Waals surface area contributed by atoms with Crippen LogP contribution in [0.4, 0.5) is 21.6 Å². The lowest BCUT2D eigenvalue weighted by Gasteiger charge is -2.36. The van der Waals surface area contributed by atoms with Crippen molar-refractivity contribution in [2.24, 2.45) is 0 Å². The van der Waals surface area contributed by atoms with Crippen LogP contribution in [0.25, 0.3) is 10.9 Å². The quantitative estimate of drug-likeness (QED) is 0.523. The Hall–Kier alpha value is -2.97. The first-order valence-corrected chi connectivity index (χ1v) is 11.0. The summed E-state index contributed by atoms with van der Waals surface area (Å²) in [5.74, 6) is 0.606. The molecule has 1 amide bonds. The molecule has 2 N–H and O–H groups in total. The normalized spacial score (nSPS) is 22.7. The van der Waals surface area contributed by atoms with Crippen LogP contribution in [0.2, 0.25) is 5.02 Å². The molecule has 5 rings (SSSR count). The standard InChI is InChI=1S/C23H23ClFN5O2/c1-30-14-3-4-15(30)8-16(7-14)32-22-10-20-17(9-21(22)28-12-31)23(27-11-26-20)29-13-2-5-19(25)18(24)6-13/h2,5-6,9-12,14-16H,3-4,7-8H2,1H3,(H,28,31)(H,26,27,29). The van der Waals surface area contributed by atoms with E-state index in [0.717, 1.165) is 12.8 Å². The SMILES string of the molecule is CN1C2CCC1CC(Oc1cc3ncnc(Nc4ccc(F)c(Cl)c4)c3cc1NC=O)C2. The number of benzene rings is 2. The van der Waals surface area contributed by atoms with Crippen LogP contribution in [0.1, 0.15) is 25.7 Å². The summed E-state index contributed by atoms with van der Waals surface area (Å²) in [5, 5.41) is 6.59. The number of rotatable bonds is 6. The van der Waals surface area contributed by atoms with Gasteiger partial charge in [0.1, 0.15) is 29.8 Å². The number of aromatic nitrogens is 2. The van der Waals surface area contributed by atoms with Crippen LogP contribution in [0.5, 0.6) is 5.75 Å². The molecule has 2 bridgehead atoms. The van der Waals surface area contributed by atoms with Crippen molar-refractivity contribution in [3.8, 4) is 5.75 Å². The maximum atomic E-state index is 13.5. The van der Waals surface area contributed by atoms with Gasteiger partial charge in [-0.25, -0.2) is 14.4 Å². The number of carbonyl (C=O) groups excluding carboxylic acids is 1. The molecule has 2 saturated heterocycles. The van der Waals surface area contributed by atoms with E-state index in [4.69, 9.17) is 16.3 Å². The molecule has 2 unspecified atom stereocenters. The van der Waals surface area contributed by atoms with Crippen LogP contribution in [0.3, 0.4) is 0 Å². The molecule has 32 heavy (non-hydrogen) atoms. The fourth-order valence-electron chi connectivity index (χ4n) is 4.81. The number of nitrogens with one attached hydrogen (secondary N) is 2. The Morgan fingerprint density at radius 1 is 1.19 bits per heavy atom. The van der Waals surface area contributed by atoms with Crippen LogP contribution in [0, 0.1) is 5.82 Å². The molecule has 0 radical (unpaired) electrons. The number of anilines is 3. The Bertz CT molecular complexity index is 1160. The molecule has 2 aromatic carbocycles. The van der Waals surface area contributed by atoms with Gasteiger partial charge in [-0.05, 0) is 57.0 Å². The van der Waals surface area contributed by atoms with Crippen LogP contribution in [0.15, 0.2) is 36.7 Å². The van der Waals surface area contributed by atoms with E-state index in [0.29, 0.717) is 52.3 Å². The van der Waals surface area contributed by atoms with E-state index in [9.17, 15) is 9.18 Å². The molecular weight excluding hydrogens is 433 g/mol. The van der Waals surface area contributed by atoms with Gasteiger partial charge in [-0.3, -0.25) is 4.79 Å². The lowest BCUT2D eigenvalue weighted by Crippen LogP contribution is -2.43. The number of piperidine rings is 1. The number of carbonyl (C=O) groups is 1. The van der Waals surface area contributed by atoms with Gasteiger partial charge in [0.05, 0.1) is 16.2 Å². The third-order valence-electron chi connectivity index (χ3n) is 6.48. The van der Waals surface area contributed by atoms with E-state index in [-0.39, 0.29) is 11.1 Å². The minimum atomic E-state index is -0.494. The van der Waals surface area contributed by atoms with Crippen molar-refractivity contribution in [2.75, 3.05) is 17.7 Å². The van der Waals surface area contributed by atoms with Crippen LogP contribution >= 0.6 is 11.6 Å². The molecule has 2 atom stereocenters. The molecule has 3 heterocycles. The molecule has 0 saturated carbocycles. The Balaban J connectivity index is 1.46. The van der Waals surface area contributed by atoms with Crippen LogP contribution in [-0.4, -0.2) is 46.5 Å². The van der Waals surface area contributed by atoms with Crippen LogP contribution in [-0.2, 0) is 4.79 Å². The number of halogens is 2. The molecule has 2 aliphatic rings. The summed E-state index contributed by atoms with van der Waals surface area (Å²) < 4.78 is 19.9. The number of nitrogens with zero attached hydrogens (tertiary/aromatic N) is 3. The van der Waals surface area contributed by atoms with Crippen LogP contribution < -0.4 is 15.4 Å². The third-order valence-corrected chi connectivity index (χ3v) is 6.77. The lowest BCUT2D eigenvalue weighted by molar-refractivity contribution is -0.105. The van der Waals surface area contributed by atoms with Crippen molar-refractivity contribution in [3.05, 3.63) is 47.5 Å². The Morgan fingerprint density at radius 2 is 1.97 bits per heavy atom. The van der Waals surface area contributed by atoms with E-state index in [1.54, 1.807) is 12.1 Å². The van der Waals surface area contributed by atoms with E-state index >= 15 is 0 Å². The summed E-state index contributed by atoms with van der Waals surface area (Å²) in [6.45, 7) is 0. The Morgan fingerprint density at radius 3 is 2.69 bits per heavy atom. The second kappa shape index (κ2) is 8.52. The fraction of sp³-hybridized carbons (Fsp3) is 0.348. The molecule has 2 fully saturated rings. The highest BCUT2D eigenvalue weighted by Gasteiger charge is 2.39. The minimum absolute atomic E-state index is 0.0134. The Kier molecular flexibility index (Phi) is 5.57. The first kappa shape index (κ1) is 20.9. The van der Waals surface area contributed by atoms with Gasteiger partial charge in [0, 0.05) is 29.2 Å². The minimum Gasteiger partial charge on any atom is -0.488 e.